The largest absolute Gasteiger partial charge is 0.379 e. The zero-order valence-corrected chi connectivity index (χ0v) is 11.4. The first-order valence-electron chi connectivity index (χ1n) is 6.64. The third kappa shape index (κ3) is 5.04. The number of ether oxygens (including phenoxy) is 1. The molecule has 0 atom stereocenters. The molecule has 0 unspecified atom stereocenters. The summed E-state index contributed by atoms with van der Waals surface area (Å²) in [7, 11) is 0. The molecule has 1 heterocycles. The van der Waals surface area contributed by atoms with Crippen LogP contribution in [0.2, 0.25) is 0 Å². The summed E-state index contributed by atoms with van der Waals surface area (Å²) in [5, 5.41) is 3.03. The summed E-state index contributed by atoms with van der Waals surface area (Å²) in [6, 6.07) is 0. The van der Waals surface area contributed by atoms with Gasteiger partial charge in [0.1, 0.15) is 0 Å². The lowest BCUT2D eigenvalue weighted by Gasteiger charge is -2.28. The maximum atomic E-state index is 11.9. The Morgan fingerprint density at radius 2 is 2.00 bits per heavy atom. The average Bonchev–Trinajstić information content (AvgIpc) is 2.30. The Kier molecular flexibility index (Phi) is 5.92. The highest BCUT2D eigenvalue weighted by atomic mass is 16.5. The van der Waals surface area contributed by atoms with Crippen LogP contribution < -0.4 is 5.32 Å². The summed E-state index contributed by atoms with van der Waals surface area (Å²) < 4.78 is 5.28. The van der Waals surface area contributed by atoms with Crippen molar-refractivity contribution >= 4 is 5.91 Å². The zero-order valence-electron chi connectivity index (χ0n) is 11.4. The molecule has 1 fully saturated rings. The van der Waals surface area contributed by atoms with Gasteiger partial charge in [0.2, 0.25) is 5.91 Å². The normalized spacial score (nSPS) is 18.1. The summed E-state index contributed by atoms with van der Waals surface area (Å²) in [6.45, 7) is 11.4. The number of hydrogen-bond acceptors (Lipinski definition) is 3. The Hall–Kier alpha value is -0.610. The Morgan fingerprint density at radius 1 is 1.35 bits per heavy atom. The van der Waals surface area contributed by atoms with Crippen molar-refractivity contribution < 1.29 is 9.53 Å². The van der Waals surface area contributed by atoms with Crippen molar-refractivity contribution in [3.8, 4) is 0 Å². The second kappa shape index (κ2) is 6.97. The fourth-order valence-corrected chi connectivity index (χ4v) is 2.13. The van der Waals surface area contributed by atoms with Gasteiger partial charge in [-0.15, -0.1) is 0 Å². The third-order valence-corrected chi connectivity index (χ3v) is 3.31. The Morgan fingerprint density at radius 3 is 2.59 bits per heavy atom. The second-order valence-electron chi connectivity index (χ2n) is 5.34. The van der Waals surface area contributed by atoms with Crippen molar-refractivity contribution in [1.29, 1.82) is 0 Å². The van der Waals surface area contributed by atoms with E-state index in [1.807, 2.05) is 13.8 Å². The van der Waals surface area contributed by atoms with Gasteiger partial charge in [-0.1, -0.05) is 27.2 Å². The Bertz CT molecular complexity index is 236. The molecule has 0 bridgehead atoms. The maximum Gasteiger partial charge on any atom is 0.225 e. The molecule has 1 saturated heterocycles. The molecule has 100 valence electrons. The highest BCUT2D eigenvalue weighted by molar-refractivity contribution is 5.81. The highest BCUT2D eigenvalue weighted by Crippen LogP contribution is 2.21. The van der Waals surface area contributed by atoms with E-state index >= 15 is 0 Å². The lowest BCUT2D eigenvalue weighted by atomic mass is 9.87. The summed E-state index contributed by atoms with van der Waals surface area (Å²) >= 11 is 0. The number of rotatable bonds is 6. The van der Waals surface area contributed by atoms with Crippen LogP contribution in [0.1, 0.15) is 33.6 Å². The van der Waals surface area contributed by atoms with E-state index in [0.717, 1.165) is 52.2 Å². The van der Waals surface area contributed by atoms with Gasteiger partial charge in [0, 0.05) is 31.6 Å². The summed E-state index contributed by atoms with van der Waals surface area (Å²) in [6.07, 6.45) is 1.99. The van der Waals surface area contributed by atoms with Gasteiger partial charge in [-0.3, -0.25) is 9.69 Å². The lowest BCUT2D eigenvalue weighted by molar-refractivity contribution is -0.129. The minimum absolute atomic E-state index is 0.174. The molecule has 4 nitrogen and oxygen atoms in total. The molecule has 1 amide bonds. The van der Waals surface area contributed by atoms with Crippen molar-refractivity contribution in [2.45, 2.75) is 33.6 Å². The molecule has 17 heavy (non-hydrogen) atoms. The van der Waals surface area contributed by atoms with Crippen LogP contribution in [-0.2, 0) is 9.53 Å². The molecule has 1 N–H and O–H groups in total. The van der Waals surface area contributed by atoms with Gasteiger partial charge in [0.15, 0.2) is 0 Å². The van der Waals surface area contributed by atoms with E-state index in [4.69, 9.17) is 4.74 Å². The third-order valence-electron chi connectivity index (χ3n) is 3.31. The van der Waals surface area contributed by atoms with Crippen molar-refractivity contribution in [3.63, 3.8) is 0 Å². The van der Waals surface area contributed by atoms with E-state index < -0.39 is 0 Å². The van der Waals surface area contributed by atoms with Gasteiger partial charge in [0.25, 0.3) is 0 Å². The standard InChI is InChI=1S/C13H26N2O2/c1-4-5-13(2,3)12(16)14-6-7-15-8-10-17-11-9-15/h4-11H2,1-3H3,(H,14,16). The highest BCUT2D eigenvalue weighted by Gasteiger charge is 2.25. The molecule has 0 aromatic rings. The van der Waals surface area contributed by atoms with Crippen molar-refractivity contribution in [2.75, 3.05) is 39.4 Å². The number of morpholine rings is 1. The molecule has 1 aliphatic rings. The van der Waals surface area contributed by atoms with Gasteiger partial charge >= 0.3 is 0 Å². The molecule has 4 heteroatoms. The van der Waals surface area contributed by atoms with E-state index in [2.05, 4.69) is 17.1 Å². The van der Waals surface area contributed by atoms with Crippen LogP contribution in [0.25, 0.3) is 0 Å². The smallest absolute Gasteiger partial charge is 0.225 e. The predicted octanol–water partition coefficient (Wildman–Crippen LogP) is 1.26. The SMILES string of the molecule is CCCC(C)(C)C(=O)NCCN1CCOCC1. The lowest BCUT2D eigenvalue weighted by Crippen LogP contribution is -2.44. The van der Waals surface area contributed by atoms with Crippen LogP contribution in [0.4, 0.5) is 0 Å². The van der Waals surface area contributed by atoms with Crippen LogP contribution in [-0.4, -0.2) is 50.2 Å². The van der Waals surface area contributed by atoms with Crippen LogP contribution >= 0.6 is 0 Å². The van der Waals surface area contributed by atoms with Gasteiger partial charge in [0.05, 0.1) is 13.2 Å². The maximum absolute atomic E-state index is 11.9. The fraction of sp³-hybridized carbons (Fsp3) is 0.923. The van der Waals surface area contributed by atoms with Gasteiger partial charge in [-0.05, 0) is 6.42 Å². The number of nitrogens with zero attached hydrogens (tertiary/aromatic N) is 1. The zero-order chi connectivity index (χ0) is 12.7. The molecule has 1 aliphatic heterocycles. The quantitative estimate of drug-likeness (QED) is 0.762. The second-order valence-corrected chi connectivity index (χ2v) is 5.34. The molecule has 0 radical (unpaired) electrons. The van der Waals surface area contributed by atoms with E-state index in [9.17, 15) is 4.79 Å². The molecule has 0 aromatic carbocycles. The van der Waals surface area contributed by atoms with E-state index in [1.54, 1.807) is 0 Å². The molecular weight excluding hydrogens is 216 g/mol. The van der Waals surface area contributed by atoms with Crippen molar-refractivity contribution in [2.24, 2.45) is 5.41 Å². The number of amides is 1. The van der Waals surface area contributed by atoms with E-state index in [-0.39, 0.29) is 11.3 Å². The Balaban J connectivity index is 2.18. The monoisotopic (exact) mass is 242 g/mol. The van der Waals surface area contributed by atoms with Crippen LogP contribution in [0.5, 0.6) is 0 Å². The van der Waals surface area contributed by atoms with Gasteiger partial charge in [-0.25, -0.2) is 0 Å². The number of carbonyl (C=O) groups excluding carboxylic acids is 1. The number of carbonyl (C=O) groups is 1. The van der Waals surface area contributed by atoms with E-state index in [0.29, 0.717) is 0 Å². The van der Waals surface area contributed by atoms with Crippen LogP contribution in [0.15, 0.2) is 0 Å². The molecule has 0 saturated carbocycles. The number of hydrogen-bond donors (Lipinski definition) is 1. The first-order chi connectivity index (χ1) is 8.06. The van der Waals surface area contributed by atoms with Gasteiger partial charge in [-0.2, -0.15) is 0 Å². The molecule has 0 aliphatic carbocycles. The minimum Gasteiger partial charge on any atom is -0.379 e. The summed E-state index contributed by atoms with van der Waals surface area (Å²) in [5.74, 6) is 0.174. The summed E-state index contributed by atoms with van der Waals surface area (Å²) in [5.41, 5.74) is -0.236. The topological polar surface area (TPSA) is 41.6 Å². The van der Waals surface area contributed by atoms with Gasteiger partial charge < -0.3 is 10.1 Å². The molecule has 0 spiro atoms. The molecule has 1 rings (SSSR count). The minimum atomic E-state index is -0.236. The Labute approximate surface area is 105 Å². The first kappa shape index (κ1) is 14.5. The number of nitrogens with one attached hydrogen (secondary N) is 1. The van der Waals surface area contributed by atoms with Crippen molar-refractivity contribution in [3.05, 3.63) is 0 Å². The first-order valence-corrected chi connectivity index (χ1v) is 6.64. The average molecular weight is 242 g/mol. The van der Waals surface area contributed by atoms with Crippen molar-refractivity contribution in [1.82, 2.24) is 10.2 Å². The van der Waals surface area contributed by atoms with E-state index in [1.165, 1.54) is 0 Å². The molecular formula is C13H26N2O2. The fourth-order valence-electron chi connectivity index (χ4n) is 2.13. The van der Waals surface area contributed by atoms with Crippen LogP contribution in [0.3, 0.4) is 0 Å². The predicted molar refractivity (Wildman–Crippen MR) is 69.0 cm³/mol. The molecule has 0 aromatic heterocycles. The summed E-state index contributed by atoms with van der Waals surface area (Å²) in [4.78, 5) is 14.3. The van der Waals surface area contributed by atoms with Crippen LogP contribution in [0, 0.1) is 5.41 Å².